The van der Waals surface area contributed by atoms with Crippen LogP contribution in [0.3, 0.4) is 0 Å². The van der Waals surface area contributed by atoms with E-state index in [1.54, 1.807) is 82.1 Å². The largest absolute Gasteiger partial charge is 0.478 e. The van der Waals surface area contributed by atoms with E-state index < -0.39 is 17.9 Å². The summed E-state index contributed by atoms with van der Waals surface area (Å²) in [6.45, 7) is 20.2. The third kappa shape index (κ3) is 17.7. The zero-order valence-electron chi connectivity index (χ0n) is 57.1. The Kier molecular flexibility index (Phi) is 22.1. The van der Waals surface area contributed by atoms with Gasteiger partial charge in [0, 0.05) is 89.7 Å². The minimum atomic E-state index is -1.16. The van der Waals surface area contributed by atoms with Crippen LogP contribution in [0, 0.1) is 51.1 Å². The van der Waals surface area contributed by atoms with Crippen molar-refractivity contribution in [3.63, 3.8) is 0 Å². The summed E-state index contributed by atoms with van der Waals surface area (Å²) in [5.41, 5.74) is 9.71. The summed E-state index contributed by atoms with van der Waals surface area (Å²) >= 11 is 0. The maximum Gasteiger partial charge on any atom is 0.294 e. The maximum absolute atomic E-state index is 11.9. The number of nitro groups is 3. The van der Waals surface area contributed by atoms with Crippen molar-refractivity contribution in [2.45, 2.75) is 106 Å². The number of rotatable bonds is 25. The fourth-order valence-electron chi connectivity index (χ4n) is 10.5. The number of anilines is 3. The molecule has 0 saturated carbocycles. The topological polar surface area (TPSA) is 335 Å². The van der Waals surface area contributed by atoms with Gasteiger partial charge in [-0.3, -0.25) is 39.9 Å². The van der Waals surface area contributed by atoms with Crippen LogP contribution in [0.2, 0.25) is 25.7 Å². The van der Waals surface area contributed by atoms with Crippen LogP contribution in [-0.2, 0) is 45.9 Å². The van der Waals surface area contributed by atoms with Gasteiger partial charge in [-0.25, -0.2) is 19.0 Å². The molecule has 0 atom stereocenters. The summed E-state index contributed by atoms with van der Waals surface area (Å²) in [5, 5.41) is 58.7. The molecule has 0 radical (unpaired) electrons. The lowest BCUT2D eigenvalue weighted by molar-refractivity contribution is -0.384. The number of nitrogens with zero attached hydrogens (tertiary/aromatic N) is 11. The van der Waals surface area contributed by atoms with Crippen molar-refractivity contribution in [2.24, 2.45) is 7.05 Å². The number of nitro benzene ring substituents is 3. The highest BCUT2D eigenvalue weighted by Crippen LogP contribution is 2.36. The minimum absolute atomic E-state index is 0.0353. The van der Waals surface area contributed by atoms with Gasteiger partial charge in [0.25, 0.3) is 17.1 Å². The minimum Gasteiger partial charge on any atom is -0.478 e. The monoisotopic (exact) mass is 1370 g/mol. The molecule has 0 fully saturated rings. The Morgan fingerprint density at radius 1 is 0.510 bits per heavy atom. The third-order valence-corrected chi connectivity index (χ3v) is 17.7. The molecule has 0 aliphatic heterocycles. The van der Waals surface area contributed by atoms with Crippen LogP contribution < -0.4 is 31.8 Å². The predicted molar refractivity (Wildman–Crippen MR) is 385 cm³/mol. The van der Waals surface area contributed by atoms with Crippen molar-refractivity contribution in [3.8, 4) is 57.3 Å². The van der Waals surface area contributed by atoms with E-state index in [0.717, 1.165) is 93.4 Å². The van der Waals surface area contributed by atoms with Crippen LogP contribution in [0.5, 0.6) is 5.88 Å². The summed E-state index contributed by atoms with van der Waals surface area (Å²) in [4.78, 5) is 64.0. The smallest absolute Gasteiger partial charge is 0.294 e. The van der Waals surface area contributed by atoms with E-state index in [-0.39, 0.29) is 33.1 Å². The quantitative estimate of drug-likeness (QED) is 0.0235. The number of aryl methyl sites for hydroxylation is 7. The van der Waals surface area contributed by atoms with Gasteiger partial charge in [-0.15, -0.1) is 0 Å². The first kappa shape index (κ1) is 70.6. The molecule has 516 valence electrons. The van der Waals surface area contributed by atoms with Crippen molar-refractivity contribution in [1.29, 1.82) is 0 Å². The predicted octanol–water partition coefficient (Wildman–Crippen LogP) is 15.1. The molecule has 100 heavy (non-hydrogen) atoms. The van der Waals surface area contributed by atoms with Gasteiger partial charge in [0.05, 0.1) is 55.5 Å². The molecule has 0 aliphatic rings. The zero-order valence-corrected chi connectivity index (χ0v) is 58.1. The van der Waals surface area contributed by atoms with Gasteiger partial charge in [0.15, 0.2) is 17.3 Å². The standard InChI is InChI=1S/C27H33N5O4Si.C23H23N5O4.C22H21N5O4/c1-6-21-15-25(26-11-7-19(2)36-26)31(30-21)22-9-10-23(24(16-22)32(33)34)28-17-20-8-12-27(29-18-20)35-13-14-37(3,4)5;1-4-17-11-21(22-9-5-15(2)32-22)27(25-17)18-7-8-19(20(12-18)28(30)31)24-13-16-6-10-23(29)26(3)14-16;1-3-16-10-20(21-8-4-14(2)31-21)26(25-16)17-6-7-18(19(11-17)27(29)30)23-12-15-5-9-22(28)24-13-15/h7-12,15-16,18,28H,6,13-14,17H2,1-5H3;5-12,14,24H,4,13H2,1-3H3;4-11,13,23H,3,12H2,1-2H3,(H,24,28). The molecule has 0 saturated heterocycles. The van der Waals surface area contributed by atoms with Gasteiger partial charge in [-0.2, -0.15) is 15.3 Å². The molecule has 0 aliphatic carbocycles. The van der Waals surface area contributed by atoms with Crippen LogP contribution in [0.15, 0.2) is 187 Å². The number of H-pyrrole nitrogens is 1. The first-order valence-electron chi connectivity index (χ1n) is 32.4. The van der Waals surface area contributed by atoms with Crippen LogP contribution >= 0.6 is 0 Å². The number of ether oxygens (including phenoxy) is 1. The number of benzene rings is 3. The van der Waals surface area contributed by atoms with E-state index in [1.807, 2.05) is 114 Å². The van der Waals surface area contributed by atoms with Crippen LogP contribution in [0.1, 0.15) is 71.8 Å². The Morgan fingerprint density at radius 3 is 1.25 bits per heavy atom. The molecule has 28 heteroatoms. The average Bonchev–Trinajstić information content (AvgIpc) is 1.61. The van der Waals surface area contributed by atoms with Crippen LogP contribution in [0.25, 0.3) is 51.4 Å². The van der Waals surface area contributed by atoms with E-state index in [2.05, 4.69) is 60.9 Å². The summed E-state index contributed by atoms with van der Waals surface area (Å²) in [6.07, 6.45) is 7.18. The Morgan fingerprint density at radius 2 is 0.910 bits per heavy atom. The first-order valence-corrected chi connectivity index (χ1v) is 36.1. The Bertz CT molecular complexity index is 4990. The van der Waals surface area contributed by atoms with Gasteiger partial charge in [-0.05, 0) is 154 Å². The van der Waals surface area contributed by atoms with E-state index in [1.165, 1.54) is 34.9 Å². The molecule has 27 nitrogen and oxygen atoms in total. The molecule has 0 amide bonds. The fourth-order valence-corrected chi connectivity index (χ4v) is 11.2. The molecule has 0 spiro atoms. The molecule has 9 heterocycles. The molecular weight excluding hydrogens is 1290 g/mol. The summed E-state index contributed by atoms with van der Waals surface area (Å²) < 4.78 is 29.6. The van der Waals surface area contributed by atoms with Gasteiger partial charge >= 0.3 is 0 Å². The first-order chi connectivity index (χ1) is 47.9. The van der Waals surface area contributed by atoms with Gasteiger partial charge in [0.1, 0.15) is 51.4 Å². The maximum atomic E-state index is 11.9. The summed E-state index contributed by atoms with van der Waals surface area (Å²) in [5.74, 6) is 4.87. The highest BCUT2D eigenvalue weighted by Gasteiger charge is 2.24. The number of aromatic nitrogens is 9. The molecule has 12 rings (SSSR count). The van der Waals surface area contributed by atoms with E-state index in [0.29, 0.717) is 83.5 Å². The lowest BCUT2D eigenvalue weighted by atomic mass is 10.2. The van der Waals surface area contributed by atoms with Crippen molar-refractivity contribution in [2.75, 3.05) is 22.6 Å². The lowest BCUT2D eigenvalue weighted by Crippen LogP contribution is -2.22. The zero-order chi connectivity index (χ0) is 71.4. The average molecular weight is 1370 g/mol. The number of aromatic amines is 1. The van der Waals surface area contributed by atoms with E-state index >= 15 is 0 Å². The summed E-state index contributed by atoms with van der Waals surface area (Å²) in [6, 6.07) is 43.0. The van der Waals surface area contributed by atoms with Crippen molar-refractivity contribution < 1.29 is 32.8 Å². The molecule has 4 N–H and O–H groups in total. The SMILES string of the molecule is CCc1cc(-c2ccc(C)o2)n(-c2ccc(NCc3ccc(=O)[nH]c3)c([N+](=O)[O-])c2)n1.CCc1cc(-c2ccc(C)o2)n(-c2ccc(NCc3ccc(=O)n(C)c3)c([N+](=O)[O-])c2)n1.CCc1cc(-c2ccc(C)o2)n(-c2ccc(NCc3ccc(OCC[Si](C)(C)C)nc3)c([N+](=O)[O-])c2)n1. The van der Waals surface area contributed by atoms with Gasteiger partial charge in [0.2, 0.25) is 17.0 Å². The fraction of sp³-hybridized carbons (Fsp3) is 0.250. The van der Waals surface area contributed by atoms with Crippen LogP contribution in [-0.4, -0.2) is 73.3 Å². The second kappa shape index (κ2) is 31.3. The van der Waals surface area contributed by atoms with Crippen molar-refractivity contribution in [3.05, 3.63) is 266 Å². The van der Waals surface area contributed by atoms with Gasteiger partial charge in [-0.1, -0.05) is 58.6 Å². The third-order valence-electron chi connectivity index (χ3n) is 16.0. The number of furan rings is 3. The normalized spacial score (nSPS) is 11.1. The van der Waals surface area contributed by atoms with Crippen molar-refractivity contribution in [1.82, 2.24) is 43.9 Å². The number of hydrogen-bond acceptors (Lipinski definition) is 19. The highest BCUT2D eigenvalue weighted by molar-refractivity contribution is 6.76. The summed E-state index contributed by atoms with van der Waals surface area (Å²) in [7, 11) is 0.501. The Labute approximate surface area is 575 Å². The molecular formula is C72H77N15O12Si. The van der Waals surface area contributed by atoms with E-state index in [4.69, 9.17) is 18.0 Å². The molecule has 0 unspecified atom stereocenters. The second-order valence-electron chi connectivity index (χ2n) is 24.7. The molecule has 0 bridgehead atoms. The lowest BCUT2D eigenvalue weighted by Gasteiger charge is -2.15. The van der Waals surface area contributed by atoms with Gasteiger partial charge < -0.3 is 43.5 Å². The molecule has 9 aromatic heterocycles. The van der Waals surface area contributed by atoms with Crippen molar-refractivity contribution >= 4 is 42.2 Å². The second-order valence-corrected chi connectivity index (χ2v) is 30.4. The number of pyridine rings is 3. The molecule has 3 aromatic carbocycles. The van der Waals surface area contributed by atoms with Crippen LogP contribution in [0.4, 0.5) is 34.1 Å². The molecule has 12 aromatic rings. The van der Waals surface area contributed by atoms with E-state index in [9.17, 15) is 39.9 Å². The number of nitrogens with one attached hydrogen (secondary N) is 4. The number of hydrogen-bond donors (Lipinski definition) is 4. The Balaban J connectivity index is 0.000000163. The highest BCUT2D eigenvalue weighted by atomic mass is 28.3. The Hall–Kier alpha value is -12.2.